The number of aliphatic hydroxyl groups excluding tert-OH is 2. The zero-order chi connectivity index (χ0) is 34.6. The molecule has 0 aliphatic heterocycles. The van der Waals surface area contributed by atoms with Gasteiger partial charge in [0, 0.05) is 39.2 Å². The second kappa shape index (κ2) is 35.5. The molecule has 0 saturated heterocycles. The van der Waals surface area contributed by atoms with Gasteiger partial charge in [-0.25, -0.2) is 0 Å². The van der Waals surface area contributed by atoms with Gasteiger partial charge in [-0.1, -0.05) is 63.8 Å². The van der Waals surface area contributed by atoms with Gasteiger partial charge < -0.3 is 34.4 Å². The van der Waals surface area contributed by atoms with Crippen molar-refractivity contribution >= 4 is 11.9 Å². The molecule has 0 bridgehead atoms. The van der Waals surface area contributed by atoms with Crippen LogP contribution >= 0.6 is 0 Å². The molecule has 0 aromatic heterocycles. The maximum atomic E-state index is 12.4. The predicted octanol–water partition coefficient (Wildman–Crippen LogP) is 7.97. The van der Waals surface area contributed by atoms with Gasteiger partial charge in [0.05, 0.1) is 19.1 Å². The monoisotopic (exact) mass is 670 g/mol. The number of aliphatic carboxylic acids is 1. The van der Waals surface area contributed by atoms with Crippen LogP contribution in [0.25, 0.3) is 0 Å². The van der Waals surface area contributed by atoms with Crippen LogP contribution in [0.1, 0.15) is 149 Å². The van der Waals surface area contributed by atoms with Crippen molar-refractivity contribution < 1.29 is 39.1 Å². The van der Waals surface area contributed by atoms with Gasteiger partial charge in [-0.05, 0) is 103 Å². The third kappa shape index (κ3) is 33.9. The number of carbonyl (C=O) groups excluding carboxylic acids is 1. The number of nitrogens with zero attached hydrogens (tertiary/aromatic N) is 1. The summed E-state index contributed by atoms with van der Waals surface area (Å²) in [6.45, 7) is 8.46. The average molecular weight is 670 g/mol. The van der Waals surface area contributed by atoms with Crippen LogP contribution in [-0.4, -0.2) is 90.6 Å². The predicted molar refractivity (Wildman–Crippen MR) is 190 cm³/mol. The molecule has 9 heteroatoms. The van der Waals surface area contributed by atoms with Crippen molar-refractivity contribution in [1.29, 1.82) is 0 Å². The number of carbonyl (C=O) groups is 2. The molecule has 3 N–H and O–H groups in total. The second-order valence-electron chi connectivity index (χ2n) is 12.5. The highest BCUT2D eigenvalue weighted by molar-refractivity contribution is 5.69. The van der Waals surface area contributed by atoms with Crippen molar-refractivity contribution in [3.05, 3.63) is 24.3 Å². The Kier molecular flexibility index (Phi) is 34.2. The summed E-state index contributed by atoms with van der Waals surface area (Å²) < 4.78 is 17.5. The number of aliphatic hydroxyl groups is 2. The summed E-state index contributed by atoms with van der Waals surface area (Å²) in [5.74, 6) is -0.976. The number of hydrogen-bond donors (Lipinski definition) is 3. The zero-order valence-electron chi connectivity index (χ0n) is 30.1. The van der Waals surface area contributed by atoms with E-state index < -0.39 is 12.1 Å². The Hall–Kier alpha value is -1.78. The van der Waals surface area contributed by atoms with Gasteiger partial charge in [0.25, 0.3) is 0 Å². The standard InChI is InChI=1S/C38H71NO8/c1-3-5-7-9-12-22-32-46-38(47-33-23-13-10-8-6-4-2)27-26-37(44)45-31-21-14-11-18-28-39(29-19-20-30-40)34-35(41)24-16-15-17-25-36(42)43/h5-8,35,38,40-41H,3-4,9-34H2,1-2H3,(H,42,43)/b7-5-,8-6-. The smallest absolute Gasteiger partial charge is 0.305 e. The van der Waals surface area contributed by atoms with Gasteiger partial charge >= 0.3 is 11.9 Å². The van der Waals surface area contributed by atoms with E-state index in [0.717, 1.165) is 116 Å². The number of carboxylic acid groups (broad SMARTS) is 1. The summed E-state index contributed by atoms with van der Waals surface area (Å²) in [5, 5.41) is 28.4. The Labute approximate surface area is 287 Å². The Morgan fingerprint density at radius 3 is 1.83 bits per heavy atom. The number of esters is 1. The third-order valence-corrected chi connectivity index (χ3v) is 7.94. The molecule has 0 spiro atoms. The van der Waals surface area contributed by atoms with Crippen molar-refractivity contribution in [2.45, 2.75) is 161 Å². The number of allylic oxidation sites excluding steroid dienone is 4. The molecule has 1 unspecified atom stereocenters. The maximum Gasteiger partial charge on any atom is 0.305 e. The first-order chi connectivity index (χ1) is 22.9. The molecular formula is C38H71NO8. The van der Waals surface area contributed by atoms with E-state index in [1.54, 1.807) is 0 Å². The Morgan fingerprint density at radius 1 is 0.660 bits per heavy atom. The van der Waals surface area contributed by atoms with Crippen molar-refractivity contribution in [1.82, 2.24) is 4.90 Å². The number of ether oxygens (including phenoxy) is 3. The van der Waals surface area contributed by atoms with Crippen LogP contribution in [0.5, 0.6) is 0 Å². The normalized spacial score (nSPS) is 12.6. The van der Waals surface area contributed by atoms with E-state index in [9.17, 15) is 14.7 Å². The highest BCUT2D eigenvalue weighted by Gasteiger charge is 2.14. The quantitative estimate of drug-likeness (QED) is 0.0264. The first-order valence-corrected chi connectivity index (χ1v) is 18.8. The van der Waals surface area contributed by atoms with Crippen LogP contribution in [0.4, 0.5) is 0 Å². The van der Waals surface area contributed by atoms with Gasteiger partial charge in [0.2, 0.25) is 0 Å². The minimum Gasteiger partial charge on any atom is -0.481 e. The van der Waals surface area contributed by atoms with Gasteiger partial charge in [0.1, 0.15) is 0 Å². The molecule has 0 aromatic rings. The maximum absolute atomic E-state index is 12.4. The van der Waals surface area contributed by atoms with Gasteiger partial charge in [0.15, 0.2) is 6.29 Å². The number of unbranched alkanes of at least 4 members (excludes halogenated alkanes) is 10. The molecule has 0 rings (SSSR count). The fourth-order valence-corrected chi connectivity index (χ4v) is 5.19. The number of carboxylic acids is 1. The highest BCUT2D eigenvalue weighted by atomic mass is 16.7. The summed E-state index contributed by atoms with van der Waals surface area (Å²) in [5.41, 5.74) is 0. The fraction of sp³-hybridized carbons (Fsp3) is 0.842. The highest BCUT2D eigenvalue weighted by Crippen LogP contribution is 2.12. The molecule has 0 aliphatic rings. The molecular weight excluding hydrogens is 598 g/mol. The summed E-state index contributed by atoms with van der Waals surface area (Å²) >= 11 is 0. The van der Waals surface area contributed by atoms with Crippen molar-refractivity contribution in [3.8, 4) is 0 Å². The molecule has 0 amide bonds. The Bertz CT molecular complexity index is 736. The van der Waals surface area contributed by atoms with E-state index in [0.29, 0.717) is 45.6 Å². The summed E-state index contributed by atoms with van der Waals surface area (Å²) in [6, 6.07) is 0. The van der Waals surface area contributed by atoms with Gasteiger partial charge in [-0.15, -0.1) is 0 Å². The minimum absolute atomic E-state index is 0.174. The van der Waals surface area contributed by atoms with Crippen LogP contribution in [0.15, 0.2) is 24.3 Å². The molecule has 276 valence electrons. The summed E-state index contributed by atoms with van der Waals surface area (Å²) in [7, 11) is 0. The SMILES string of the molecule is CC/C=C\CCCCOC(CCC(=O)OCCCCCCN(CCCCO)CC(O)CCCCCC(=O)O)OCCCC/C=C\CC. The minimum atomic E-state index is -0.771. The molecule has 0 fully saturated rings. The van der Waals surface area contributed by atoms with E-state index in [1.807, 2.05) is 0 Å². The first kappa shape index (κ1) is 45.2. The van der Waals surface area contributed by atoms with Crippen LogP contribution in [0.3, 0.4) is 0 Å². The molecule has 0 saturated carbocycles. The van der Waals surface area contributed by atoms with Crippen molar-refractivity contribution in [3.63, 3.8) is 0 Å². The average Bonchev–Trinajstić information content (AvgIpc) is 3.05. The van der Waals surface area contributed by atoms with Crippen LogP contribution in [-0.2, 0) is 23.8 Å². The molecule has 0 heterocycles. The fourth-order valence-electron chi connectivity index (χ4n) is 5.19. The molecule has 0 aromatic carbocycles. The molecule has 0 radical (unpaired) electrons. The van der Waals surface area contributed by atoms with Crippen molar-refractivity contribution in [2.75, 3.05) is 46.1 Å². The first-order valence-electron chi connectivity index (χ1n) is 18.8. The zero-order valence-corrected chi connectivity index (χ0v) is 30.1. The summed E-state index contributed by atoms with van der Waals surface area (Å²) in [6.07, 6.45) is 25.8. The Balaban J connectivity index is 4.28. The van der Waals surface area contributed by atoms with E-state index in [2.05, 4.69) is 43.1 Å². The van der Waals surface area contributed by atoms with Gasteiger partial charge in [-0.2, -0.15) is 0 Å². The molecule has 0 aliphatic carbocycles. The van der Waals surface area contributed by atoms with E-state index in [-0.39, 0.29) is 31.7 Å². The topological polar surface area (TPSA) is 126 Å². The lowest BCUT2D eigenvalue weighted by Crippen LogP contribution is -2.34. The molecule has 9 nitrogen and oxygen atoms in total. The van der Waals surface area contributed by atoms with E-state index >= 15 is 0 Å². The Morgan fingerprint density at radius 2 is 1.23 bits per heavy atom. The lowest BCUT2D eigenvalue weighted by Gasteiger charge is -2.25. The lowest BCUT2D eigenvalue weighted by atomic mass is 10.1. The second-order valence-corrected chi connectivity index (χ2v) is 12.5. The molecule has 47 heavy (non-hydrogen) atoms. The molecule has 1 atom stereocenters. The number of rotatable bonds is 36. The van der Waals surface area contributed by atoms with Crippen LogP contribution in [0, 0.1) is 0 Å². The van der Waals surface area contributed by atoms with E-state index in [1.165, 1.54) is 0 Å². The lowest BCUT2D eigenvalue weighted by molar-refractivity contribution is -0.159. The third-order valence-electron chi connectivity index (χ3n) is 7.94. The van der Waals surface area contributed by atoms with Gasteiger partial charge in [-0.3, -0.25) is 9.59 Å². The van der Waals surface area contributed by atoms with Crippen molar-refractivity contribution in [2.24, 2.45) is 0 Å². The van der Waals surface area contributed by atoms with Crippen LogP contribution < -0.4 is 0 Å². The summed E-state index contributed by atoms with van der Waals surface area (Å²) in [4.78, 5) is 25.3. The van der Waals surface area contributed by atoms with E-state index in [4.69, 9.17) is 24.4 Å². The largest absolute Gasteiger partial charge is 0.481 e. The van der Waals surface area contributed by atoms with Crippen LogP contribution in [0.2, 0.25) is 0 Å². The number of hydrogen-bond acceptors (Lipinski definition) is 8.